The summed E-state index contributed by atoms with van der Waals surface area (Å²) in [6.45, 7) is 6.09. The molecule has 0 radical (unpaired) electrons. The number of para-hydroxylation sites is 2. The van der Waals surface area contributed by atoms with Crippen LogP contribution in [0.1, 0.15) is 39.5 Å². The number of fused-ring (bicyclic) bond motifs is 1. The quantitative estimate of drug-likeness (QED) is 0.560. The molecule has 0 aliphatic carbocycles. The zero-order valence-corrected chi connectivity index (χ0v) is 19.7. The van der Waals surface area contributed by atoms with Gasteiger partial charge in [-0.25, -0.2) is 8.42 Å². The first kappa shape index (κ1) is 22.1. The summed E-state index contributed by atoms with van der Waals surface area (Å²) >= 11 is 0. The zero-order chi connectivity index (χ0) is 23.0. The lowest BCUT2D eigenvalue weighted by molar-refractivity contribution is 0.0981. The number of anilines is 2. The van der Waals surface area contributed by atoms with Crippen LogP contribution < -0.4 is 9.21 Å². The first-order chi connectivity index (χ1) is 15.2. The molecule has 1 amide bonds. The number of benzene rings is 3. The average molecular weight is 449 g/mol. The van der Waals surface area contributed by atoms with Gasteiger partial charge in [-0.05, 0) is 67.6 Å². The van der Waals surface area contributed by atoms with Crippen molar-refractivity contribution in [3.63, 3.8) is 0 Å². The van der Waals surface area contributed by atoms with Crippen LogP contribution in [0, 0.1) is 13.8 Å². The van der Waals surface area contributed by atoms with Crippen LogP contribution >= 0.6 is 0 Å². The topological polar surface area (TPSA) is 57.7 Å². The van der Waals surface area contributed by atoms with Crippen molar-refractivity contribution in [2.24, 2.45) is 0 Å². The van der Waals surface area contributed by atoms with Gasteiger partial charge in [0.25, 0.3) is 5.91 Å². The number of hydrogen-bond donors (Lipinski definition) is 0. The molecule has 0 saturated heterocycles. The van der Waals surface area contributed by atoms with E-state index in [0.717, 1.165) is 28.8 Å². The van der Waals surface area contributed by atoms with Crippen molar-refractivity contribution >= 4 is 27.3 Å². The largest absolute Gasteiger partial charge is 0.305 e. The molecule has 0 aromatic heterocycles. The summed E-state index contributed by atoms with van der Waals surface area (Å²) in [5.74, 6) is -0.0382. The van der Waals surface area contributed by atoms with Gasteiger partial charge < -0.3 is 4.90 Å². The molecule has 1 heterocycles. The third-order valence-corrected chi connectivity index (χ3v) is 7.15. The summed E-state index contributed by atoms with van der Waals surface area (Å²) in [4.78, 5) is 15.1. The Morgan fingerprint density at radius 2 is 1.59 bits per heavy atom. The van der Waals surface area contributed by atoms with Gasteiger partial charge in [-0.3, -0.25) is 9.10 Å². The van der Waals surface area contributed by atoms with Gasteiger partial charge in [-0.1, -0.05) is 48.5 Å². The van der Waals surface area contributed by atoms with Gasteiger partial charge in [0.1, 0.15) is 0 Å². The van der Waals surface area contributed by atoms with Crippen molar-refractivity contribution < 1.29 is 13.2 Å². The highest BCUT2D eigenvalue weighted by Crippen LogP contribution is 2.33. The minimum absolute atomic E-state index is 0.0382. The normalized spacial score (nSPS) is 15.5. The van der Waals surface area contributed by atoms with E-state index in [9.17, 15) is 13.2 Å². The average Bonchev–Trinajstić information content (AvgIpc) is 3.08. The molecule has 4 rings (SSSR count). The van der Waals surface area contributed by atoms with Gasteiger partial charge in [0.05, 0.1) is 18.5 Å². The fraction of sp³-hybridized carbons (Fsp3) is 0.269. The van der Waals surface area contributed by atoms with Crippen LogP contribution in [0.25, 0.3) is 0 Å². The van der Waals surface area contributed by atoms with Crippen LogP contribution in [0.2, 0.25) is 0 Å². The minimum atomic E-state index is -3.48. The third kappa shape index (κ3) is 4.15. The molecule has 5 nitrogen and oxygen atoms in total. The highest BCUT2D eigenvalue weighted by Gasteiger charge is 2.31. The molecule has 0 saturated carbocycles. The lowest BCUT2D eigenvalue weighted by atomic mass is 10.1. The van der Waals surface area contributed by atoms with E-state index in [0.29, 0.717) is 11.3 Å². The lowest BCUT2D eigenvalue weighted by Gasteiger charge is -2.26. The molecule has 0 bridgehead atoms. The molecule has 3 aromatic rings. The summed E-state index contributed by atoms with van der Waals surface area (Å²) in [6.07, 6.45) is 2.07. The maximum Gasteiger partial charge on any atom is 0.258 e. The molecule has 0 spiro atoms. The second-order valence-corrected chi connectivity index (χ2v) is 10.5. The number of carbonyl (C=O) groups is 1. The van der Waals surface area contributed by atoms with Crippen molar-refractivity contribution in [2.75, 3.05) is 15.5 Å². The summed E-state index contributed by atoms with van der Waals surface area (Å²) in [7, 11) is -3.48. The van der Waals surface area contributed by atoms with E-state index in [-0.39, 0.29) is 18.5 Å². The number of amides is 1. The first-order valence-electron chi connectivity index (χ1n) is 10.7. The molecular weight excluding hydrogens is 420 g/mol. The minimum Gasteiger partial charge on any atom is -0.305 e. The van der Waals surface area contributed by atoms with Gasteiger partial charge in [-0.15, -0.1) is 0 Å². The van der Waals surface area contributed by atoms with E-state index in [2.05, 4.69) is 13.0 Å². The summed E-state index contributed by atoms with van der Waals surface area (Å²) < 4.78 is 26.7. The predicted octanol–water partition coefficient (Wildman–Crippen LogP) is 4.86. The summed E-state index contributed by atoms with van der Waals surface area (Å²) in [5.41, 5.74) is 6.08. The molecule has 166 valence electrons. The highest BCUT2D eigenvalue weighted by molar-refractivity contribution is 7.92. The Morgan fingerprint density at radius 3 is 2.22 bits per heavy atom. The predicted molar refractivity (Wildman–Crippen MR) is 130 cm³/mol. The monoisotopic (exact) mass is 448 g/mol. The van der Waals surface area contributed by atoms with E-state index in [4.69, 9.17) is 0 Å². The van der Waals surface area contributed by atoms with Gasteiger partial charge in [0.15, 0.2) is 0 Å². The van der Waals surface area contributed by atoms with Gasteiger partial charge in [0.2, 0.25) is 10.0 Å². The molecule has 6 heteroatoms. The Balaban J connectivity index is 1.60. The maximum atomic E-state index is 13.2. The Labute approximate surface area is 190 Å². The van der Waals surface area contributed by atoms with Crippen LogP contribution in [0.3, 0.4) is 0 Å². The van der Waals surface area contributed by atoms with Crippen LogP contribution in [-0.2, 0) is 23.0 Å². The molecule has 0 fully saturated rings. The summed E-state index contributed by atoms with van der Waals surface area (Å²) in [6, 6.07) is 21.1. The van der Waals surface area contributed by atoms with Crippen LogP contribution in [0.5, 0.6) is 0 Å². The number of nitrogens with zero attached hydrogens (tertiary/aromatic N) is 2. The van der Waals surface area contributed by atoms with E-state index in [1.165, 1.54) is 16.1 Å². The summed E-state index contributed by atoms with van der Waals surface area (Å²) in [5, 5.41) is 0. The number of carbonyl (C=O) groups excluding carboxylic acids is 1. The van der Waals surface area contributed by atoms with Crippen LogP contribution in [-0.4, -0.2) is 26.6 Å². The molecule has 0 N–H and O–H groups in total. The van der Waals surface area contributed by atoms with E-state index >= 15 is 0 Å². The third-order valence-electron chi connectivity index (χ3n) is 6.04. The molecule has 1 aliphatic heterocycles. The van der Waals surface area contributed by atoms with Crippen molar-refractivity contribution in [1.82, 2.24) is 0 Å². The van der Waals surface area contributed by atoms with Crippen molar-refractivity contribution in [1.29, 1.82) is 0 Å². The second kappa shape index (κ2) is 8.43. The SMILES string of the molecule is Cc1cccc(C)c1N(Cc1ccc(C(=O)N2c3ccccc3CC2C)cc1)S(C)(=O)=O. The fourth-order valence-electron chi connectivity index (χ4n) is 4.49. The number of sulfonamides is 1. The lowest BCUT2D eigenvalue weighted by Crippen LogP contribution is -2.35. The fourth-order valence-corrected chi connectivity index (χ4v) is 5.50. The van der Waals surface area contributed by atoms with Crippen LogP contribution in [0.15, 0.2) is 66.7 Å². The Hall–Kier alpha value is -3.12. The molecule has 1 aliphatic rings. The molecule has 3 aromatic carbocycles. The van der Waals surface area contributed by atoms with E-state index in [1.807, 2.05) is 67.3 Å². The highest BCUT2D eigenvalue weighted by atomic mass is 32.2. The number of rotatable bonds is 5. The van der Waals surface area contributed by atoms with Gasteiger partial charge >= 0.3 is 0 Å². The van der Waals surface area contributed by atoms with Gasteiger partial charge in [0, 0.05) is 17.3 Å². The second-order valence-electron chi connectivity index (χ2n) is 8.56. The van der Waals surface area contributed by atoms with E-state index < -0.39 is 10.0 Å². The Morgan fingerprint density at radius 1 is 0.969 bits per heavy atom. The maximum absolute atomic E-state index is 13.2. The zero-order valence-electron chi connectivity index (χ0n) is 18.9. The molecule has 1 unspecified atom stereocenters. The molecule has 1 atom stereocenters. The standard InChI is InChI=1S/C26H28N2O3S/c1-18-8-7-9-19(2)25(18)27(32(4,30)31)17-21-12-14-22(15-13-21)26(29)28-20(3)16-23-10-5-6-11-24(23)28/h5-15,20H,16-17H2,1-4H3. The smallest absolute Gasteiger partial charge is 0.258 e. The number of aryl methyl sites for hydroxylation is 2. The van der Waals surface area contributed by atoms with Crippen molar-refractivity contribution in [3.8, 4) is 0 Å². The first-order valence-corrected chi connectivity index (χ1v) is 12.6. The van der Waals surface area contributed by atoms with Crippen molar-refractivity contribution in [2.45, 2.75) is 39.8 Å². The van der Waals surface area contributed by atoms with E-state index in [1.54, 1.807) is 12.1 Å². The molecule has 32 heavy (non-hydrogen) atoms. The van der Waals surface area contributed by atoms with Crippen LogP contribution in [0.4, 0.5) is 11.4 Å². The Kier molecular flexibility index (Phi) is 5.82. The van der Waals surface area contributed by atoms with Gasteiger partial charge in [-0.2, -0.15) is 0 Å². The van der Waals surface area contributed by atoms with Crippen molar-refractivity contribution in [3.05, 3.63) is 94.5 Å². The number of hydrogen-bond acceptors (Lipinski definition) is 3. The Bertz CT molecular complexity index is 1250. The molecular formula is C26H28N2O3S.